The molecule has 0 aromatic heterocycles. The van der Waals surface area contributed by atoms with Crippen LogP contribution >= 0.6 is 0 Å². The van der Waals surface area contributed by atoms with Gasteiger partial charge in [0.1, 0.15) is 11.6 Å². The standard InChI is InChI=1S/C23H22FNO4/c1-5-14(10-15-6-8-16(24)9-7-15)11-17-13(2)21(26)20-18(12-25(3)22(20)27)19(17)23(28)29-4/h5-9,11,26H,2,10,12H2,1,3-4H3/b14-5-,17-11+. The number of allylic oxidation sites excluding steroid dienone is 2. The highest BCUT2D eigenvalue weighted by Gasteiger charge is 2.33. The summed E-state index contributed by atoms with van der Waals surface area (Å²) in [7, 11) is 2.87. The molecular formula is C23H22FNO4. The van der Waals surface area contributed by atoms with Crippen molar-refractivity contribution in [2.75, 3.05) is 14.2 Å². The zero-order valence-corrected chi connectivity index (χ0v) is 16.6. The molecule has 1 heterocycles. The summed E-state index contributed by atoms with van der Waals surface area (Å²) >= 11 is 0. The minimum atomic E-state index is -0.599. The van der Waals surface area contributed by atoms with E-state index in [9.17, 15) is 19.1 Å². The number of halogens is 1. The van der Waals surface area contributed by atoms with Crippen LogP contribution in [0.2, 0.25) is 0 Å². The number of hydrogen-bond donors (Lipinski definition) is 1. The maximum Gasteiger partial charge on any atom is 0.338 e. The molecular weight excluding hydrogens is 373 g/mol. The van der Waals surface area contributed by atoms with E-state index in [2.05, 4.69) is 6.58 Å². The molecule has 0 saturated carbocycles. The van der Waals surface area contributed by atoms with Gasteiger partial charge in [0.25, 0.3) is 5.91 Å². The molecule has 0 bridgehead atoms. The van der Waals surface area contributed by atoms with Crippen molar-refractivity contribution in [2.24, 2.45) is 0 Å². The van der Waals surface area contributed by atoms with Gasteiger partial charge >= 0.3 is 5.97 Å². The Bertz CT molecular complexity index is 1130. The third-order valence-electron chi connectivity index (χ3n) is 5.09. The predicted molar refractivity (Wildman–Crippen MR) is 108 cm³/mol. The van der Waals surface area contributed by atoms with Crippen molar-refractivity contribution in [2.45, 2.75) is 19.9 Å². The van der Waals surface area contributed by atoms with Crippen LogP contribution in [0.4, 0.5) is 4.39 Å². The van der Waals surface area contributed by atoms with E-state index in [0.717, 1.165) is 11.1 Å². The van der Waals surface area contributed by atoms with E-state index in [1.54, 1.807) is 25.3 Å². The summed E-state index contributed by atoms with van der Waals surface area (Å²) in [5.74, 6) is -1.51. The van der Waals surface area contributed by atoms with Crippen molar-refractivity contribution >= 4 is 24.5 Å². The van der Waals surface area contributed by atoms with E-state index >= 15 is 0 Å². The Hall–Kier alpha value is -3.41. The maximum absolute atomic E-state index is 13.2. The van der Waals surface area contributed by atoms with E-state index in [4.69, 9.17) is 4.74 Å². The zero-order chi connectivity index (χ0) is 21.3. The highest BCUT2D eigenvalue weighted by Crippen LogP contribution is 2.28. The Morgan fingerprint density at radius 1 is 1.34 bits per heavy atom. The van der Waals surface area contributed by atoms with E-state index in [-0.39, 0.29) is 40.4 Å². The first-order valence-electron chi connectivity index (χ1n) is 9.10. The van der Waals surface area contributed by atoms with Gasteiger partial charge in [-0.05, 0) is 41.8 Å². The van der Waals surface area contributed by atoms with Gasteiger partial charge in [-0.15, -0.1) is 0 Å². The number of methoxy groups -OCH3 is 1. The fourth-order valence-corrected chi connectivity index (χ4v) is 3.50. The Labute approximate surface area is 168 Å². The highest BCUT2D eigenvalue weighted by molar-refractivity contribution is 6.05. The number of fused-ring (bicyclic) bond motifs is 1. The molecule has 0 aliphatic carbocycles. The second-order valence-corrected chi connectivity index (χ2v) is 6.93. The van der Waals surface area contributed by atoms with Crippen LogP contribution in [-0.2, 0) is 17.7 Å². The number of esters is 1. The molecule has 3 rings (SSSR count). The second kappa shape index (κ2) is 7.91. The van der Waals surface area contributed by atoms with E-state index in [1.807, 2.05) is 13.0 Å². The summed E-state index contributed by atoms with van der Waals surface area (Å²) in [6.45, 7) is 5.94. The molecule has 1 amide bonds. The molecule has 6 heteroatoms. The van der Waals surface area contributed by atoms with Crippen molar-refractivity contribution in [1.82, 2.24) is 4.90 Å². The van der Waals surface area contributed by atoms with Gasteiger partial charge in [0, 0.05) is 24.4 Å². The first-order valence-corrected chi connectivity index (χ1v) is 9.10. The lowest BCUT2D eigenvalue weighted by molar-refractivity contribution is 0.0597. The number of carbonyl (C=O) groups is 2. The number of rotatable bonds is 4. The Morgan fingerprint density at radius 3 is 2.59 bits per heavy atom. The lowest BCUT2D eigenvalue weighted by Gasteiger charge is -2.11. The van der Waals surface area contributed by atoms with Gasteiger partial charge in [-0.1, -0.05) is 30.9 Å². The lowest BCUT2D eigenvalue weighted by atomic mass is 9.95. The van der Waals surface area contributed by atoms with Crippen LogP contribution in [0.1, 0.15) is 38.8 Å². The molecule has 0 unspecified atom stereocenters. The third kappa shape index (κ3) is 3.66. The average Bonchev–Trinajstić information content (AvgIpc) is 3.00. The van der Waals surface area contributed by atoms with Gasteiger partial charge in [0.2, 0.25) is 0 Å². The summed E-state index contributed by atoms with van der Waals surface area (Å²) in [4.78, 5) is 26.4. The number of phenols is 1. The maximum atomic E-state index is 13.2. The summed E-state index contributed by atoms with van der Waals surface area (Å²) in [6, 6.07) is 6.15. The third-order valence-corrected chi connectivity index (χ3v) is 5.09. The Balaban J connectivity index is 2.22. The molecule has 2 aromatic carbocycles. The summed E-state index contributed by atoms with van der Waals surface area (Å²) in [5.41, 5.74) is 2.47. The second-order valence-electron chi connectivity index (χ2n) is 6.93. The average molecular weight is 395 g/mol. The Kier molecular flexibility index (Phi) is 5.55. The van der Waals surface area contributed by atoms with Crippen molar-refractivity contribution in [1.29, 1.82) is 0 Å². The summed E-state index contributed by atoms with van der Waals surface area (Å²) in [6.07, 6.45) is 4.11. The van der Waals surface area contributed by atoms with Gasteiger partial charge in [0.05, 0.1) is 18.2 Å². The summed E-state index contributed by atoms with van der Waals surface area (Å²) in [5, 5.41) is 11.2. The molecule has 5 nitrogen and oxygen atoms in total. The SMILES string of the molecule is C=c1c(O)c2c(c(C(=O)OC)/c1=C/C(=C\C)Cc1ccc(F)cc1)CN(C)C2=O. The minimum absolute atomic E-state index is 0.0932. The fraction of sp³-hybridized carbons (Fsp3) is 0.217. The number of phenolic OH excluding ortho intramolecular Hbond substituents is 1. The predicted octanol–water partition coefficient (Wildman–Crippen LogP) is 2.28. The highest BCUT2D eigenvalue weighted by atomic mass is 19.1. The van der Waals surface area contributed by atoms with Crippen molar-refractivity contribution in [3.05, 3.63) is 74.4 Å². The first-order chi connectivity index (χ1) is 13.8. The van der Waals surface area contributed by atoms with E-state index in [0.29, 0.717) is 17.2 Å². The molecule has 150 valence electrons. The van der Waals surface area contributed by atoms with Crippen LogP contribution in [0.5, 0.6) is 5.75 Å². The van der Waals surface area contributed by atoms with E-state index in [1.165, 1.54) is 24.1 Å². The van der Waals surface area contributed by atoms with Crippen LogP contribution in [0.15, 0.2) is 35.9 Å². The number of carbonyl (C=O) groups excluding carboxylic acids is 2. The Morgan fingerprint density at radius 2 is 2.00 bits per heavy atom. The molecule has 0 spiro atoms. The molecule has 0 atom stereocenters. The van der Waals surface area contributed by atoms with Gasteiger partial charge in [-0.2, -0.15) is 0 Å². The number of hydrogen-bond acceptors (Lipinski definition) is 4. The van der Waals surface area contributed by atoms with Gasteiger partial charge in [-0.3, -0.25) is 4.79 Å². The van der Waals surface area contributed by atoms with Gasteiger partial charge in [0.15, 0.2) is 0 Å². The van der Waals surface area contributed by atoms with Crippen molar-refractivity contribution in [3.8, 4) is 5.75 Å². The normalized spacial score (nSPS) is 14.3. The molecule has 1 aliphatic heterocycles. The van der Waals surface area contributed by atoms with Gasteiger partial charge in [-0.25, -0.2) is 9.18 Å². The molecule has 1 aliphatic rings. The van der Waals surface area contributed by atoms with E-state index < -0.39 is 5.97 Å². The number of aromatic hydroxyl groups is 1. The molecule has 29 heavy (non-hydrogen) atoms. The number of nitrogens with zero attached hydrogens (tertiary/aromatic N) is 1. The molecule has 1 N–H and O–H groups in total. The van der Waals surface area contributed by atoms with Crippen LogP contribution in [-0.4, -0.2) is 36.0 Å². The van der Waals surface area contributed by atoms with Crippen LogP contribution in [0.3, 0.4) is 0 Å². The van der Waals surface area contributed by atoms with Crippen molar-refractivity contribution < 1.29 is 23.8 Å². The first kappa shape index (κ1) is 20.3. The monoisotopic (exact) mass is 395 g/mol. The molecule has 2 aromatic rings. The molecule has 0 fully saturated rings. The fourth-order valence-electron chi connectivity index (χ4n) is 3.50. The topological polar surface area (TPSA) is 66.8 Å². The van der Waals surface area contributed by atoms with Crippen LogP contribution < -0.4 is 10.4 Å². The molecule has 0 saturated heterocycles. The smallest absolute Gasteiger partial charge is 0.338 e. The number of ether oxygens (including phenoxy) is 1. The largest absolute Gasteiger partial charge is 0.506 e. The number of benzene rings is 2. The molecule has 0 radical (unpaired) electrons. The van der Waals surface area contributed by atoms with Gasteiger partial charge < -0.3 is 14.7 Å². The zero-order valence-electron chi connectivity index (χ0n) is 16.6. The quantitative estimate of drug-likeness (QED) is 0.807. The number of amides is 1. The summed E-state index contributed by atoms with van der Waals surface area (Å²) < 4.78 is 18.1. The van der Waals surface area contributed by atoms with Crippen LogP contribution in [0.25, 0.3) is 12.7 Å². The van der Waals surface area contributed by atoms with Crippen LogP contribution in [0, 0.1) is 5.82 Å². The minimum Gasteiger partial charge on any atom is -0.506 e. The lowest BCUT2D eigenvalue weighted by Crippen LogP contribution is -2.33. The van der Waals surface area contributed by atoms with Crippen molar-refractivity contribution in [3.63, 3.8) is 0 Å².